The summed E-state index contributed by atoms with van der Waals surface area (Å²) in [6, 6.07) is 0. The van der Waals surface area contributed by atoms with Crippen molar-refractivity contribution in [3.63, 3.8) is 0 Å². The van der Waals surface area contributed by atoms with Gasteiger partial charge in [-0.25, -0.2) is 0 Å². The average molecular weight is 740 g/mol. The molecule has 0 amide bonds. The molecule has 0 aromatic carbocycles. The van der Waals surface area contributed by atoms with E-state index in [1.54, 1.807) is 0 Å². The van der Waals surface area contributed by atoms with Crippen LogP contribution in [0.5, 0.6) is 0 Å². The summed E-state index contributed by atoms with van der Waals surface area (Å²) in [6.07, 6.45) is 17.3. The highest BCUT2D eigenvalue weighted by Crippen LogP contribution is 2.13. The Morgan fingerprint density at radius 1 is 0.333 bits per heavy atom. The third-order valence-corrected chi connectivity index (χ3v) is 7.59. The summed E-state index contributed by atoms with van der Waals surface area (Å²) in [7, 11) is 0. The van der Waals surface area contributed by atoms with E-state index in [1.807, 2.05) is 0 Å². The Labute approximate surface area is 310 Å². The average Bonchev–Trinajstić information content (AvgIpc) is 3.14. The minimum absolute atomic E-state index is 0.131. The molecule has 0 bridgehead atoms. The molecule has 0 saturated carbocycles. The Morgan fingerprint density at radius 2 is 0.569 bits per heavy atom. The van der Waals surface area contributed by atoms with Gasteiger partial charge in [0.15, 0.2) is 0 Å². The first kappa shape index (κ1) is 50.0. The molecule has 51 heavy (non-hydrogen) atoms. The van der Waals surface area contributed by atoms with Crippen molar-refractivity contribution in [3.05, 3.63) is 0 Å². The van der Waals surface area contributed by atoms with Crippen molar-refractivity contribution in [2.75, 3.05) is 145 Å². The lowest BCUT2D eigenvalue weighted by Gasteiger charge is -2.09. The molecule has 0 aliphatic heterocycles. The summed E-state index contributed by atoms with van der Waals surface area (Å²) >= 11 is 0. The molecule has 0 heterocycles. The van der Waals surface area contributed by atoms with Gasteiger partial charge in [-0.15, -0.1) is 0 Å². The molecule has 0 atom stereocenters. The lowest BCUT2D eigenvalue weighted by Crippen LogP contribution is -2.16. The van der Waals surface area contributed by atoms with Crippen molar-refractivity contribution in [1.29, 1.82) is 0 Å². The van der Waals surface area contributed by atoms with Gasteiger partial charge >= 0.3 is 5.97 Å². The highest BCUT2D eigenvalue weighted by atomic mass is 16.6. The fourth-order valence-corrected chi connectivity index (χ4v) is 4.74. The summed E-state index contributed by atoms with van der Waals surface area (Å²) in [4.78, 5) is 11.9. The SMILES string of the molecule is CCCCCCCCCCCCCCCC(=O)OCCOCCOCCOCCOCCOCCOCCOCCOCCOCCOCCN. The normalized spacial score (nSPS) is 11.5. The van der Waals surface area contributed by atoms with Gasteiger partial charge in [0.05, 0.1) is 132 Å². The molecular weight excluding hydrogens is 662 g/mol. The van der Waals surface area contributed by atoms with Gasteiger partial charge in [-0.2, -0.15) is 0 Å². The number of hydrogen-bond acceptors (Lipinski definition) is 13. The molecule has 2 N–H and O–H groups in total. The summed E-state index contributed by atoms with van der Waals surface area (Å²) in [6.45, 7) is 13.2. The Morgan fingerprint density at radius 3 is 0.843 bits per heavy atom. The predicted octanol–water partition coefficient (Wildman–Crippen LogP) is 5.14. The van der Waals surface area contributed by atoms with Gasteiger partial charge in [0, 0.05) is 13.0 Å². The number of ether oxygens (including phenoxy) is 11. The maximum Gasteiger partial charge on any atom is 0.305 e. The van der Waals surface area contributed by atoms with Crippen LogP contribution in [-0.2, 0) is 56.9 Å². The van der Waals surface area contributed by atoms with Gasteiger partial charge in [-0.3, -0.25) is 4.79 Å². The summed E-state index contributed by atoms with van der Waals surface area (Å²) in [5.41, 5.74) is 5.34. The Bertz CT molecular complexity index is 650. The number of carbonyl (C=O) groups excluding carboxylic acids is 1. The zero-order chi connectivity index (χ0) is 36.8. The number of rotatable bonds is 46. The lowest BCUT2D eigenvalue weighted by atomic mass is 10.0. The van der Waals surface area contributed by atoms with Gasteiger partial charge in [-0.05, 0) is 6.42 Å². The second kappa shape index (κ2) is 47.1. The quantitative estimate of drug-likeness (QED) is 0.0651. The molecule has 0 aromatic rings. The van der Waals surface area contributed by atoms with Crippen molar-refractivity contribution in [2.24, 2.45) is 5.73 Å². The zero-order valence-corrected chi connectivity index (χ0v) is 32.4. The van der Waals surface area contributed by atoms with E-state index in [4.69, 9.17) is 57.8 Å². The molecule has 0 aromatic heterocycles. The number of nitrogens with two attached hydrogens (primary N) is 1. The third kappa shape index (κ3) is 47.0. The van der Waals surface area contributed by atoms with E-state index in [1.165, 1.54) is 70.6 Å². The highest BCUT2D eigenvalue weighted by molar-refractivity contribution is 5.69. The van der Waals surface area contributed by atoms with Crippen LogP contribution < -0.4 is 5.73 Å². The first-order valence-electron chi connectivity index (χ1n) is 19.9. The van der Waals surface area contributed by atoms with Gasteiger partial charge in [0.2, 0.25) is 0 Å². The van der Waals surface area contributed by atoms with Crippen LogP contribution in [0.4, 0.5) is 0 Å². The predicted molar refractivity (Wildman–Crippen MR) is 199 cm³/mol. The van der Waals surface area contributed by atoms with E-state index in [9.17, 15) is 4.79 Å². The maximum absolute atomic E-state index is 11.9. The first-order chi connectivity index (χ1) is 25.3. The molecule has 0 spiro atoms. The van der Waals surface area contributed by atoms with E-state index in [-0.39, 0.29) is 12.6 Å². The number of hydrogen-bond donors (Lipinski definition) is 1. The molecule has 0 rings (SSSR count). The minimum Gasteiger partial charge on any atom is -0.463 e. The molecule has 13 heteroatoms. The van der Waals surface area contributed by atoms with Crippen LogP contribution >= 0.6 is 0 Å². The van der Waals surface area contributed by atoms with E-state index < -0.39 is 0 Å². The number of unbranched alkanes of at least 4 members (excludes halogenated alkanes) is 12. The second-order valence-electron chi connectivity index (χ2n) is 12.1. The second-order valence-corrected chi connectivity index (χ2v) is 12.1. The number of esters is 1. The van der Waals surface area contributed by atoms with E-state index >= 15 is 0 Å². The Kier molecular flexibility index (Phi) is 46.2. The lowest BCUT2D eigenvalue weighted by molar-refractivity contribution is -0.145. The summed E-state index contributed by atoms with van der Waals surface area (Å²) in [5.74, 6) is -0.131. The Hall–Kier alpha value is -0.970. The minimum atomic E-state index is -0.131. The Balaban J connectivity index is 3.12. The van der Waals surface area contributed by atoms with Gasteiger partial charge < -0.3 is 57.8 Å². The molecule has 0 aliphatic carbocycles. The van der Waals surface area contributed by atoms with Crippen LogP contribution in [0.3, 0.4) is 0 Å². The van der Waals surface area contributed by atoms with Crippen LogP contribution in [0.15, 0.2) is 0 Å². The van der Waals surface area contributed by atoms with E-state index in [0.717, 1.165) is 12.8 Å². The van der Waals surface area contributed by atoms with Crippen LogP contribution in [-0.4, -0.2) is 151 Å². The van der Waals surface area contributed by atoms with Gasteiger partial charge in [-0.1, -0.05) is 84.0 Å². The fraction of sp³-hybridized carbons (Fsp3) is 0.974. The molecule has 0 fully saturated rings. The summed E-state index contributed by atoms with van der Waals surface area (Å²) < 4.78 is 59.6. The van der Waals surface area contributed by atoms with Crippen LogP contribution in [0.25, 0.3) is 0 Å². The van der Waals surface area contributed by atoms with Crippen molar-refractivity contribution in [2.45, 2.75) is 96.8 Å². The van der Waals surface area contributed by atoms with E-state index in [2.05, 4.69) is 6.92 Å². The first-order valence-corrected chi connectivity index (χ1v) is 19.9. The fourth-order valence-electron chi connectivity index (χ4n) is 4.74. The molecule has 0 radical (unpaired) electrons. The van der Waals surface area contributed by atoms with Crippen molar-refractivity contribution >= 4 is 5.97 Å². The maximum atomic E-state index is 11.9. The van der Waals surface area contributed by atoms with Gasteiger partial charge in [0.1, 0.15) is 6.61 Å². The zero-order valence-electron chi connectivity index (χ0n) is 32.4. The standard InChI is InChI=1S/C38H77NO12/c1-2-3-4-5-6-7-8-9-10-11-12-13-14-15-38(40)51-37-36-50-35-34-49-33-32-48-31-30-47-29-28-46-27-26-45-25-24-44-23-22-43-21-20-42-19-18-41-17-16-39/h2-37,39H2,1H3. The molecule has 0 unspecified atom stereocenters. The largest absolute Gasteiger partial charge is 0.463 e. The van der Waals surface area contributed by atoms with Crippen LogP contribution in [0, 0.1) is 0 Å². The van der Waals surface area contributed by atoms with E-state index in [0.29, 0.717) is 145 Å². The van der Waals surface area contributed by atoms with Crippen molar-refractivity contribution in [3.8, 4) is 0 Å². The molecule has 0 aliphatic rings. The molecule has 0 saturated heterocycles. The summed E-state index contributed by atoms with van der Waals surface area (Å²) in [5, 5.41) is 0. The molecule has 13 nitrogen and oxygen atoms in total. The highest BCUT2D eigenvalue weighted by Gasteiger charge is 2.03. The molecular formula is C38H77NO12. The van der Waals surface area contributed by atoms with Crippen LogP contribution in [0.1, 0.15) is 96.8 Å². The topological polar surface area (TPSA) is 145 Å². The monoisotopic (exact) mass is 740 g/mol. The smallest absolute Gasteiger partial charge is 0.305 e. The third-order valence-electron chi connectivity index (χ3n) is 7.59. The van der Waals surface area contributed by atoms with Crippen LogP contribution in [0.2, 0.25) is 0 Å². The van der Waals surface area contributed by atoms with Gasteiger partial charge in [0.25, 0.3) is 0 Å². The molecule has 306 valence electrons. The van der Waals surface area contributed by atoms with Crippen molar-refractivity contribution in [1.82, 2.24) is 0 Å². The van der Waals surface area contributed by atoms with Crippen molar-refractivity contribution < 1.29 is 56.9 Å². The number of carbonyl (C=O) groups is 1.